The monoisotopic (exact) mass is 332 g/mol. The maximum absolute atomic E-state index is 6.24. The molecule has 132 valence electrons. The van der Waals surface area contributed by atoms with Crippen LogP contribution >= 0.6 is 0 Å². The molecule has 1 aromatic rings. The Bertz CT molecular complexity index is 626. The van der Waals surface area contributed by atoms with E-state index in [2.05, 4.69) is 32.6 Å². The van der Waals surface area contributed by atoms with Gasteiger partial charge in [-0.05, 0) is 58.5 Å². The maximum Gasteiger partial charge on any atom is 0.185 e. The molecule has 2 aliphatic rings. The van der Waals surface area contributed by atoms with Gasteiger partial charge in [-0.1, -0.05) is 0 Å². The van der Waals surface area contributed by atoms with Gasteiger partial charge in [-0.2, -0.15) is 0 Å². The maximum atomic E-state index is 6.24. The van der Waals surface area contributed by atoms with Crippen molar-refractivity contribution in [3.63, 3.8) is 0 Å². The summed E-state index contributed by atoms with van der Waals surface area (Å²) in [5, 5.41) is 7.01. The average Bonchev–Trinajstić information content (AvgIpc) is 2.55. The number of likely N-dealkylation sites (tertiary alicyclic amines) is 1. The van der Waals surface area contributed by atoms with E-state index in [1.54, 1.807) is 7.11 Å². The zero-order chi connectivity index (χ0) is 17.3. The van der Waals surface area contributed by atoms with Crippen LogP contribution in [0, 0.1) is 0 Å². The Morgan fingerprint density at radius 3 is 2.83 bits per heavy atom. The first-order chi connectivity index (χ1) is 11.4. The average molecular weight is 332 g/mol. The lowest BCUT2D eigenvalue weighted by Crippen LogP contribution is -2.57. The number of nitrogens with one attached hydrogen (secondary N) is 2. The van der Waals surface area contributed by atoms with E-state index in [1.807, 2.05) is 26.1 Å². The molecule has 0 spiro atoms. The van der Waals surface area contributed by atoms with E-state index in [-0.39, 0.29) is 6.10 Å². The van der Waals surface area contributed by atoms with Gasteiger partial charge in [-0.15, -0.1) is 0 Å². The number of aliphatic imine (C=N–C) groups is 1. The van der Waals surface area contributed by atoms with Gasteiger partial charge in [-0.25, -0.2) is 9.98 Å². The number of piperidine rings is 1. The van der Waals surface area contributed by atoms with Crippen molar-refractivity contribution in [2.75, 3.05) is 32.6 Å². The third-order valence-corrected chi connectivity index (χ3v) is 4.92. The molecule has 1 saturated heterocycles. The van der Waals surface area contributed by atoms with E-state index in [0.29, 0.717) is 11.9 Å². The molecule has 24 heavy (non-hydrogen) atoms. The van der Waals surface area contributed by atoms with Gasteiger partial charge in [0, 0.05) is 19.3 Å². The first-order valence-corrected chi connectivity index (χ1v) is 8.53. The quantitative estimate of drug-likeness (QED) is 0.770. The number of rotatable bonds is 4. The molecule has 3 rings (SSSR count). The second kappa shape index (κ2) is 6.66. The van der Waals surface area contributed by atoms with Gasteiger partial charge in [0.1, 0.15) is 11.7 Å². The number of anilines is 1. The van der Waals surface area contributed by atoms with Crippen molar-refractivity contribution in [2.45, 2.75) is 44.6 Å². The van der Waals surface area contributed by atoms with Gasteiger partial charge in [-0.3, -0.25) is 5.32 Å². The highest BCUT2D eigenvalue weighted by Gasteiger charge is 2.33. The highest BCUT2D eigenvalue weighted by molar-refractivity contribution is 6.03. The Kier molecular flexibility index (Phi) is 4.76. The van der Waals surface area contributed by atoms with Crippen LogP contribution in [0.2, 0.25) is 0 Å². The predicted molar refractivity (Wildman–Crippen MR) is 96.1 cm³/mol. The molecule has 2 aliphatic heterocycles. The summed E-state index contributed by atoms with van der Waals surface area (Å²) in [6.07, 6.45) is 4.01. The number of fused-ring (bicyclic) bond motifs is 1. The number of nitrogens with zero attached hydrogens (tertiary/aromatic N) is 3. The van der Waals surface area contributed by atoms with Crippen LogP contribution in [0.3, 0.4) is 0 Å². The van der Waals surface area contributed by atoms with Crippen molar-refractivity contribution < 1.29 is 4.74 Å². The molecule has 0 saturated carbocycles. The molecular weight excluding hydrogens is 304 g/mol. The summed E-state index contributed by atoms with van der Waals surface area (Å²) in [7, 11) is 3.84. The normalized spacial score (nSPS) is 26.4. The van der Waals surface area contributed by atoms with E-state index >= 15 is 0 Å². The summed E-state index contributed by atoms with van der Waals surface area (Å²) in [6, 6.07) is 2.42. The molecule has 0 amide bonds. The molecule has 2 atom stereocenters. The van der Waals surface area contributed by atoms with Crippen LogP contribution in [-0.4, -0.2) is 54.8 Å². The summed E-state index contributed by atoms with van der Waals surface area (Å²) in [5.74, 6) is 0.640. The van der Waals surface area contributed by atoms with Gasteiger partial charge in [0.15, 0.2) is 5.79 Å². The fourth-order valence-electron chi connectivity index (χ4n) is 3.31. The van der Waals surface area contributed by atoms with Crippen LogP contribution in [0.5, 0.6) is 0 Å². The zero-order valence-corrected chi connectivity index (χ0v) is 15.0. The van der Waals surface area contributed by atoms with Gasteiger partial charge < -0.3 is 20.7 Å². The summed E-state index contributed by atoms with van der Waals surface area (Å²) in [5.41, 5.74) is 8.06. The van der Waals surface area contributed by atoms with E-state index in [4.69, 9.17) is 10.5 Å². The number of hydrogen-bond donors (Lipinski definition) is 3. The molecule has 0 aliphatic carbocycles. The third-order valence-electron chi connectivity index (χ3n) is 4.92. The van der Waals surface area contributed by atoms with Crippen molar-refractivity contribution in [1.29, 1.82) is 0 Å². The summed E-state index contributed by atoms with van der Waals surface area (Å²) in [4.78, 5) is 11.6. The fraction of sp³-hybridized carbons (Fsp3) is 0.647. The Hall–Kier alpha value is -1.70. The molecule has 0 bridgehead atoms. The van der Waals surface area contributed by atoms with Crippen LogP contribution in [0.25, 0.3) is 0 Å². The minimum atomic E-state index is -0.626. The molecule has 7 heteroatoms. The van der Waals surface area contributed by atoms with Crippen molar-refractivity contribution in [2.24, 2.45) is 10.7 Å². The number of amidine groups is 1. The van der Waals surface area contributed by atoms with E-state index in [9.17, 15) is 0 Å². The topological polar surface area (TPSA) is 87.8 Å². The number of hydrogen-bond acceptors (Lipinski definition) is 7. The summed E-state index contributed by atoms with van der Waals surface area (Å²) >= 11 is 0. The Morgan fingerprint density at radius 2 is 2.17 bits per heavy atom. The number of aromatic nitrogens is 1. The Balaban J connectivity index is 1.78. The Morgan fingerprint density at radius 1 is 1.46 bits per heavy atom. The molecule has 4 N–H and O–H groups in total. The van der Waals surface area contributed by atoms with Crippen molar-refractivity contribution in [3.05, 3.63) is 23.4 Å². The molecule has 0 aromatic carbocycles. The highest BCUT2D eigenvalue weighted by Crippen LogP contribution is 2.27. The molecule has 1 fully saturated rings. The van der Waals surface area contributed by atoms with Crippen LogP contribution in [0.15, 0.2) is 17.3 Å². The second-order valence-corrected chi connectivity index (χ2v) is 6.96. The molecule has 7 nitrogen and oxygen atoms in total. The smallest absolute Gasteiger partial charge is 0.185 e. The lowest BCUT2D eigenvalue weighted by atomic mass is 10.0. The van der Waals surface area contributed by atoms with E-state index in [1.165, 1.54) is 0 Å². The fourth-order valence-corrected chi connectivity index (χ4v) is 3.31. The van der Waals surface area contributed by atoms with E-state index < -0.39 is 5.79 Å². The standard InChI is InChI=1S/C17H28N6O/c1-11(24-4)12-9-14-15(18)21-17(2,22-16(14)19-10-12)20-13-5-7-23(3)8-6-13/h9-11,13,20H,5-8H2,1-4H3,(H2,18,21)(H,19,22). The minimum Gasteiger partial charge on any atom is -0.383 e. The highest BCUT2D eigenvalue weighted by atomic mass is 16.5. The molecule has 3 heterocycles. The minimum absolute atomic E-state index is 0.0266. The first kappa shape index (κ1) is 17.1. The SMILES string of the molecule is COC(C)c1cnc2c(c1)C(N)=NC(C)(NC1CCN(C)CC1)N2. The van der Waals surface area contributed by atoms with Crippen molar-refractivity contribution >= 4 is 11.7 Å². The van der Waals surface area contributed by atoms with E-state index in [0.717, 1.165) is 42.9 Å². The summed E-state index contributed by atoms with van der Waals surface area (Å²) < 4.78 is 5.36. The van der Waals surface area contributed by atoms with Crippen LogP contribution < -0.4 is 16.4 Å². The van der Waals surface area contributed by atoms with Gasteiger partial charge in [0.25, 0.3) is 0 Å². The van der Waals surface area contributed by atoms with Crippen LogP contribution in [-0.2, 0) is 4.74 Å². The van der Waals surface area contributed by atoms with Crippen molar-refractivity contribution in [3.8, 4) is 0 Å². The van der Waals surface area contributed by atoms with Crippen LogP contribution in [0.1, 0.15) is 43.9 Å². The third kappa shape index (κ3) is 3.53. The van der Waals surface area contributed by atoms with Gasteiger partial charge in [0.2, 0.25) is 0 Å². The van der Waals surface area contributed by atoms with Crippen LogP contribution in [0.4, 0.5) is 5.82 Å². The molecular formula is C17H28N6O. The number of methoxy groups -OCH3 is 1. The lowest BCUT2D eigenvalue weighted by Gasteiger charge is -2.39. The molecule has 1 aromatic heterocycles. The zero-order valence-electron chi connectivity index (χ0n) is 15.0. The first-order valence-electron chi connectivity index (χ1n) is 8.53. The predicted octanol–water partition coefficient (Wildman–Crippen LogP) is 1.28. The van der Waals surface area contributed by atoms with Gasteiger partial charge in [0.05, 0.1) is 11.7 Å². The largest absolute Gasteiger partial charge is 0.383 e. The molecule has 0 radical (unpaired) electrons. The van der Waals surface area contributed by atoms with Crippen molar-refractivity contribution in [1.82, 2.24) is 15.2 Å². The second-order valence-electron chi connectivity index (χ2n) is 6.96. The molecule has 2 unspecified atom stereocenters. The van der Waals surface area contributed by atoms with Gasteiger partial charge >= 0.3 is 0 Å². The Labute approximate surface area is 143 Å². The number of nitrogens with two attached hydrogens (primary N) is 1. The number of ether oxygens (including phenoxy) is 1. The summed E-state index contributed by atoms with van der Waals surface area (Å²) in [6.45, 7) is 6.19. The number of pyridine rings is 1. The lowest BCUT2D eigenvalue weighted by molar-refractivity contribution is 0.119.